The van der Waals surface area contributed by atoms with E-state index in [4.69, 9.17) is 22.1 Å². The second-order valence-corrected chi connectivity index (χ2v) is 5.71. The lowest BCUT2D eigenvalue weighted by Gasteiger charge is -2.08. The summed E-state index contributed by atoms with van der Waals surface area (Å²) in [6.45, 7) is 0.467. The molecule has 0 radical (unpaired) electrons. The fourth-order valence-electron chi connectivity index (χ4n) is 2.26. The number of primary amides is 1. The van der Waals surface area contributed by atoms with Gasteiger partial charge in [-0.3, -0.25) is 9.59 Å². The fourth-order valence-corrected chi connectivity index (χ4v) is 2.50. The lowest BCUT2D eigenvalue weighted by atomic mass is 10.1. The van der Waals surface area contributed by atoms with Crippen molar-refractivity contribution in [1.82, 2.24) is 5.32 Å². The van der Waals surface area contributed by atoms with Crippen LogP contribution in [0, 0.1) is 0 Å². The molecule has 0 saturated heterocycles. The smallest absolute Gasteiger partial charge is 0.248 e. The van der Waals surface area contributed by atoms with Gasteiger partial charge in [0.05, 0.1) is 13.5 Å². The molecule has 0 saturated carbocycles. The molecule has 0 bridgehead atoms. The molecular weight excluding hydrogens is 328 g/mol. The molecule has 0 atom stereocenters. The van der Waals surface area contributed by atoms with E-state index in [1.807, 2.05) is 6.07 Å². The molecule has 5 nitrogen and oxygen atoms in total. The normalized spacial score (nSPS) is 10.2. The van der Waals surface area contributed by atoms with Gasteiger partial charge in [-0.2, -0.15) is 0 Å². The van der Waals surface area contributed by atoms with Gasteiger partial charge in [0.2, 0.25) is 11.8 Å². The molecule has 0 fully saturated rings. The van der Waals surface area contributed by atoms with Crippen molar-refractivity contribution in [3.8, 4) is 5.75 Å². The molecule has 2 aromatic rings. The molecule has 0 heterocycles. The van der Waals surface area contributed by atoms with Crippen LogP contribution >= 0.6 is 11.6 Å². The molecule has 0 spiro atoms. The summed E-state index contributed by atoms with van der Waals surface area (Å²) in [5, 5.41) is 3.34. The highest BCUT2D eigenvalue weighted by Crippen LogP contribution is 2.22. The first-order chi connectivity index (χ1) is 11.5. The number of amides is 2. The van der Waals surface area contributed by atoms with Crippen molar-refractivity contribution in [3.05, 3.63) is 64.2 Å². The summed E-state index contributed by atoms with van der Waals surface area (Å²) >= 11 is 6.13. The average molecular weight is 347 g/mol. The van der Waals surface area contributed by atoms with Crippen LogP contribution in [-0.2, 0) is 17.6 Å². The Kier molecular flexibility index (Phi) is 6.21. The van der Waals surface area contributed by atoms with Crippen molar-refractivity contribution in [3.63, 3.8) is 0 Å². The summed E-state index contributed by atoms with van der Waals surface area (Å²) in [5.41, 5.74) is 7.39. The maximum atomic E-state index is 12.0. The molecule has 2 amide bonds. The second-order valence-electron chi connectivity index (χ2n) is 5.30. The third-order valence-electron chi connectivity index (χ3n) is 3.56. The van der Waals surface area contributed by atoms with Gasteiger partial charge in [0.1, 0.15) is 5.75 Å². The number of halogens is 1. The van der Waals surface area contributed by atoms with E-state index in [9.17, 15) is 9.59 Å². The summed E-state index contributed by atoms with van der Waals surface area (Å²) in [5.74, 6) is 0.0710. The Labute approximate surface area is 145 Å². The summed E-state index contributed by atoms with van der Waals surface area (Å²) in [4.78, 5) is 23.2. The quantitative estimate of drug-likeness (QED) is 0.807. The molecule has 6 heteroatoms. The molecule has 0 aliphatic rings. The Morgan fingerprint density at radius 1 is 1.21 bits per heavy atom. The molecule has 0 unspecified atom stereocenters. The van der Waals surface area contributed by atoms with Gasteiger partial charge in [-0.15, -0.1) is 0 Å². The Hall–Kier alpha value is -2.53. The van der Waals surface area contributed by atoms with Gasteiger partial charge < -0.3 is 15.8 Å². The molecule has 126 valence electrons. The zero-order valence-electron chi connectivity index (χ0n) is 13.3. The molecule has 0 aromatic heterocycles. The SMILES string of the molecule is COc1ccc(CC(=O)NCCc2cccc(C(N)=O)c2)c(Cl)c1. The highest BCUT2D eigenvalue weighted by atomic mass is 35.5. The van der Waals surface area contributed by atoms with E-state index in [1.165, 1.54) is 0 Å². The number of ether oxygens (including phenoxy) is 1. The zero-order chi connectivity index (χ0) is 17.5. The molecule has 0 aliphatic heterocycles. The third kappa shape index (κ3) is 4.99. The van der Waals surface area contributed by atoms with Crippen LogP contribution in [0.3, 0.4) is 0 Å². The van der Waals surface area contributed by atoms with Crippen molar-refractivity contribution in [2.45, 2.75) is 12.8 Å². The van der Waals surface area contributed by atoms with E-state index < -0.39 is 5.91 Å². The third-order valence-corrected chi connectivity index (χ3v) is 3.91. The van der Waals surface area contributed by atoms with E-state index >= 15 is 0 Å². The number of carbonyl (C=O) groups excluding carboxylic acids is 2. The number of hydrogen-bond donors (Lipinski definition) is 2. The zero-order valence-corrected chi connectivity index (χ0v) is 14.1. The highest BCUT2D eigenvalue weighted by Gasteiger charge is 2.08. The van der Waals surface area contributed by atoms with Crippen molar-refractivity contribution in [1.29, 1.82) is 0 Å². The van der Waals surface area contributed by atoms with Crippen molar-refractivity contribution in [2.75, 3.05) is 13.7 Å². The maximum Gasteiger partial charge on any atom is 0.248 e. The molecule has 2 aromatic carbocycles. The lowest BCUT2D eigenvalue weighted by molar-refractivity contribution is -0.120. The van der Waals surface area contributed by atoms with E-state index in [2.05, 4.69) is 5.32 Å². The Balaban J connectivity index is 1.85. The van der Waals surface area contributed by atoms with E-state index in [0.29, 0.717) is 29.3 Å². The largest absolute Gasteiger partial charge is 0.497 e. The van der Waals surface area contributed by atoms with Crippen LogP contribution in [0.15, 0.2) is 42.5 Å². The van der Waals surface area contributed by atoms with Gasteiger partial charge in [-0.05, 0) is 41.8 Å². The molecule has 0 aliphatic carbocycles. The summed E-state index contributed by atoms with van der Waals surface area (Å²) in [7, 11) is 1.56. The predicted octanol–water partition coefficient (Wildman–Crippen LogP) is 2.35. The monoisotopic (exact) mass is 346 g/mol. The molecule has 2 rings (SSSR count). The van der Waals surface area contributed by atoms with Crippen LogP contribution in [0.4, 0.5) is 0 Å². The van der Waals surface area contributed by atoms with Gasteiger partial charge in [-0.25, -0.2) is 0 Å². The second kappa shape index (κ2) is 8.36. The van der Waals surface area contributed by atoms with Crippen LogP contribution < -0.4 is 15.8 Å². The number of carbonyl (C=O) groups is 2. The lowest BCUT2D eigenvalue weighted by Crippen LogP contribution is -2.27. The maximum absolute atomic E-state index is 12.0. The molecule has 24 heavy (non-hydrogen) atoms. The number of nitrogens with two attached hydrogens (primary N) is 1. The topological polar surface area (TPSA) is 81.4 Å². The number of nitrogens with one attached hydrogen (secondary N) is 1. The number of hydrogen-bond acceptors (Lipinski definition) is 3. The van der Waals surface area contributed by atoms with Crippen LogP contribution in [-0.4, -0.2) is 25.5 Å². The molecular formula is C18H19ClN2O3. The molecule has 3 N–H and O–H groups in total. The van der Waals surface area contributed by atoms with Crippen LogP contribution in [0.25, 0.3) is 0 Å². The Bertz CT molecular complexity index is 747. The first-order valence-corrected chi connectivity index (χ1v) is 7.85. The summed E-state index contributed by atoms with van der Waals surface area (Å²) in [6.07, 6.45) is 0.813. The van der Waals surface area contributed by atoms with Gasteiger partial charge >= 0.3 is 0 Å². The van der Waals surface area contributed by atoms with Crippen LogP contribution in [0.2, 0.25) is 5.02 Å². The van der Waals surface area contributed by atoms with E-state index in [0.717, 1.165) is 11.1 Å². The van der Waals surface area contributed by atoms with Gasteiger partial charge in [0.15, 0.2) is 0 Å². The fraction of sp³-hybridized carbons (Fsp3) is 0.222. The average Bonchev–Trinajstić information content (AvgIpc) is 2.57. The minimum absolute atomic E-state index is 0.117. The number of rotatable bonds is 7. The Morgan fingerprint density at radius 2 is 2.00 bits per heavy atom. The van der Waals surface area contributed by atoms with E-state index in [-0.39, 0.29) is 12.3 Å². The number of benzene rings is 2. The first kappa shape index (κ1) is 17.8. The van der Waals surface area contributed by atoms with Gasteiger partial charge in [0.25, 0.3) is 0 Å². The number of methoxy groups -OCH3 is 1. The van der Waals surface area contributed by atoms with Crippen molar-refractivity contribution < 1.29 is 14.3 Å². The predicted molar refractivity (Wildman–Crippen MR) is 93.4 cm³/mol. The van der Waals surface area contributed by atoms with Crippen molar-refractivity contribution >= 4 is 23.4 Å². The highest BCUT2D eigenvalue weighted by molar-refractivity contribution is 6.31. The summed E-state index contributed by atoms with van der Waals surface area (Å²) in [6, 6.07) is 12.3. The summed E-state index contributed by atoms with van der Waals surface area (Å²) < 4.78 is 5.08. The van der Waals surface area contributed by atoms with Crippen molar-refractivity contribution in [2.24, 2.45) is 5.73 Å². The van der Waals surface area contributed by atoms with E-state index in [1.54, 1.807) is 43.5 Å². The minimum Gasteiger partial charge on any atom is -0.497 e. The van der Waals surface area contributed by atoms with Crippen LogP contribution in [0.1, 0.15) is 21.5 Å². The minimum atomic E-state index is -0.463. The van der Waals surface area contributed by atoms with Gasteiger partial charge in [0, 0.05) is 17.1 Å². The van der Waals surface area contributed by atoms with Crippen LogP contribution in [0.5, 0.6) is 5.75 Å². The Morgan fingerprint density at radius 3 is 2.67 bits per heavy atom. The first-order valence-electron chi connectivity index (χ1n) is 7.47. The standard InChI is InChI=1S/C18H19ClN2O3/c1-24-15-6-5-13(16(19)11-15)10-17(22)21-8-7-12-3-2-4-14(9-12)18(20)23/h2-6,9,11H,7-8,10H2,1H3,(H2,20,23)(H,21,22). The van der Waals surface area contributed by atoms with Gasteiger partial charge in [-0.1, -0.05) is 29.8 Å².